The molecule has 0 fully saturated rings. The number of fused-ring (bicyclic) bond motifs is 1. The monoisotopic (exact) mass is 595 g/mol. The van der Waals surface area contributed by atoms with Crippen molar-refractivity contribution < 1.29 is 57.2 Å². The molecule has 9 nitrogen and oxygen atoms in total. The van der Waals surface area contributed by atoms with Crippen molar-refractivity contribution in [1.82, 2.24) is 0 Å². The first kappa shape index (κ1) is 30.8. The van der Waals surface area contributed by atoms with E-state index in [1.165, 1.54) is 19.1 Å². The first-order chi connectivity index (χ1) is 18.0. The Morgan fingerprint density at radius 3 is 2.38 bits per heavy atom. The van der Waals surface area contributed by atoms with Gasteiger partial charge in [-0.2, -0.15) is 13.5 Å². The Morgan fingerprint density at radius 2 is 1.69 bits per heavy atom. The van der Waals surface area contributed by atoms with Gasteiger partial charge in [0.05, 0.1) is 27.2 Å². The number of hydrogen-bond donors (Lipinski definition) is 2. The Labute approximate surface area is 256 Å². The van der Waals surface area contributed by atoms with Gasteiger partial charge in [-0.25, -0.2) is 0 Å². The maximum Gasteiger partial charge on any atom is 1.00 e. The molecule has 0 aliphatic heterocycles. The van der Waals surface area contributed by atoms with E-state index in [-0.39, 0.29) is 57.1 Å². The van der Waals surface area contributed by atoms with Crippen molar-refractivity contribution in [3.8, 4) is 11.5 Å². The van der Waals surface area contributed by atoms with Crippen LogP contribution in [0.1, 0.15) is 22.8 Å². The summed E-state index contributed by atoms with van der Waals surface area (Å²) in [6.45, 7) is 3.56. The predicted molar refractivity (Wildman–Crippen MR) is 144 cm³/mol. The standard InChI is InChI=1S/C26H21Cl2N3O6S.Na/c1-3-37-21-13-16(8-9-19(21)27)29-26(33)18-12-15-6-4-5-7-17(15)24(25(18)32)31-30-23-14(2)22(38(34,35)36)11-10-20(23)28;/h4-13,32H,3H2,1-2H3,(H,29,33)(H,34,35,36);/q;+1/p-1. The van der Waals surface area contributed by atoms with Gasteiger partial charge in [0.2, 0.25) is 0 Å². The molecule has 0 radical (unpaired) electrons. The maximum absolute atomic E-state index is 13.4. The number of azo groups is 1. The van der Waals surface area contributed by atoms with Crippen molar-refractivity contribution in [1.29, 1.82) is 0 Å². The fourth-order valence-corrected chi connectivity index (χ4v) is 4.91. The van der Waals surface area contributed by atoms with Gasteiger partial charge in [-0.15, -0.1) is 5.11 Å². The molecule has 0 heterocycles. The van der Waals surface area contributed by atoms with Crippen LogP contribution < -0.4 is 44.7 Å². The summed E-state index contributed by atoms with van der Waals surface area (Å²) in [4.78, 5) is 12.8. The van der Waals surface area contributed by atoms with Crippen LogP contribution >= 0.6 is 23.2 Å². The number of nitrogens with one attached hydrogen (secondary N) is 1. The van der Waals surface area contributed by atoms with Gasteiger partial charge >= 0.3 is 29.6 Å². The van der Waals surface area contributed by atoms with Gasteiger partial charge in [0.15, 0.2) is 0 Å². The van der Waals surface area contributed by atoms with E-state index >= 15 is 0 Å². The Hall–Kier alpha value is -2.70. The quantitative estimate of drug-likeness (QED) is 0.189. The van der Waals surface area contributed by atoms with Crippen LogP contribution in [0, 0.1) is 6.92 Å². The fraction of sp³-hybridized carbons (Fsp3) is 0.115. The van der Waals surface area contributed by atoms with E-state index < -0.39 is 26.7 Å². The number of ether oxygens (including phenoxy) is 1. The minimum absolute atomic E-state index is 0. The molecule has 4 aromatic carbocycles. The number of anilines is 1. The molecule has 0 saturated carbocycles. The fourth-order valence-electron chi connectivity index (χ4n) is 3.77. The smallest absolute Gasteiger partial charge is 0.870 e. The first-order valence-electron chi connectivity index (χ1n) is 11.2. The zero-order valence-corrected chi connectivity index (χ0v) is 25.4. The predicted octanol–water partition coefficient (Wildman–Crippen LogP) is 3.85. The van der Waals surface area contributed by atoms with E-state index in [2.05, 4.69) is 15.5 Å². The zero-order valence-electron chi connectivity index (χ0n) is 21.0. The van der Waals surface area contributed by atoms with Gasteiger partial charge in [-0.05, 0) is 55.1 Å². The van der Waals surface area contributed by atoms with Crippen LogP contribution in [0.15, 0.2) is 75.8 Å². The first-order valence-corrected chi connectivity index (χ1v) is 13.4. The summed E-state index contributed by atoms with van der Waals surface area (Å²) in [5, 5.41) is 25.6. The normalized spacial score (nSPS) is 11.4. The average molecular weight is 596 g/mol. The number of carbonyl (C=O) groups is 1. The third-order valence-electron chi connectivity index (χ3n) is 5.57. The van der Waals surface area contributed by atoms with Gasteiger partial charge < -0.3 is 15.2 Å². The van der Waals surface area contributed by atoms with Crippen molar-refractivity contribution in [3.05, 3.63) is 81.8 Å². The van der Waals surface area contributed by atoms with Gasteiger partial charge in [0.25, 0.3) is 16.0 Å². The second-order valence-electron chi connectivity index (χ2n) is 8.05. The number of benzene rings is 4. The summed E-state index contributed by atoms with van der Waals surface area (Å²) in [5.41, 5.74) is 0.0159. The molecule has 0 unspecified atom stereocenters. The Bertz CT molecular complexity index is 1710. The van der Waals surface area contributed by atoms with E-state index in [1.54, 1.807) is 49.4 Å². The van der Waals surface area contributed by atoms with Crippen LogP contribution in [-0.2, 0) is 10.1 Å². The van der Waals surface area contributed by atoms with Crippen LogP contribution in [0.25, 0.3) is 10.8 Å². The SMILES string of the molecule is CCOc1cc(NC(=O)c2cc3ccccc3c(N=Nc3c(Cl)ccc(S(=O)(=O)O)c3C)c2[O-])ccc1Cl.[Na+]. The molecule has 4 rings (SSSR count). The largest absolute Gasteiger partial charge is 1.00 e. The number of rotatable bonds is 7. The topological polar surface area (TPSA) is 140 Å². The maximum atomic E-state index is 13.4. The Morgan fingerprint density at radius 1 is 1.03 bits per heavy atom. The number of hydrogen-bond acceptors (Lipinski definition) is 7. The van der Waals surface area contributed by atoms with E-state index in [0.717, 1.165) is 6.07 Å². The molecule has 4 aromatic rings. The molecule has 196 valence electrons. The summed E-state index contributed by atoms with van der Waals surface area (Å²) in [5.74, 6) is -1.02. The molecular formula is C26H20Cl2N3NaO6S. The molecular weight excluding hydrogens is 576 g/mol. The van der Waals surface area contributed by atoms with E-state index in [9.17, 15) is 22.9 Å². The Kier molecular flexibility index (Phi) is 10.0. The van der Waals surface area contributed by atoms with Crippen molar-refractivity contribution in [3.63, 3.8) is 0 Å². The molecule has 0 aromatic heterocycles. The van der Waals surface area contributed by atoms with E-state index in [0.29, 0.717) is 33.8 Å². The van der Waals surface area contributed by atoms with Crippen molar-refractivity contribution >= 4 is 67.1 Å². The summed E-state index contributed by atoms with van der Waals surface area (Å²) in [7, 11) is -4.55. The van der Waals surface area contributed by atoms with Crippen LogP contribution in [0.3, 0.4) is 0 Å². The molecule has 2 N–H and O–H groups in total. The molecule has 0 atom stereocenters. The van der Waals surface area contributed by atoms with Crippen LogP contribution in [0.4, 0.5) is 17.1 Å². The van der Waals surface area contributed by atoms with E-state index in [4.69, 9.17) is 27.9 Å². The third kappa shape index (κ3) is 6.72. The third-order valence-corrected chi connectivity index (χ3v) is 7.18. The van der Waals surface area contributed by atoms with Crippen LogP contribution in [0.5, 0.6) is 11.5 Å². The second-order valence-corrected chi connectivity index (χ2v) is 10.3. The van der Waals surface area contributed by atoms with Crippen molar-refractivity contribution in [2.45, 2.75) is 18.7 Å². The summed E-state index contributed by atoms with van der Waals surface area (Å²) < 4.78 is 38.3. The van der Waals surface area contributed by atoms with Crippen LogP contribution in [-0.4, -0.2) is 25.5 Å². The van der Waals surface area contributed by atoms with Crippen molar-refractivity contribution in [2.24, 2.45) is 10.2 Å². The molecule has 0 saturated heterocycles. The molecule has 0 bridgehead atoms. The molecule has 0 aliphatic rings. The van der Waals surface area contributed by atoms with Crippen LogP contribution in [0.2, 0.25) is 10.0 Å². The average Bonchev–Trinajstić information content (AvgIpc) is 2.86. The minimum atomic E-state index is -4.55. The molecule has 0 spiro atoms. The number of amides is 1. The minimum Gasteiger partial charge on any atom is -0.870 e. The zero-order chi connectivity index (χ0) is 27.6. The summed E-state index contributed by atoms with van der Waals surface area (Å²) in [6.07, 6.45) is 0. The number of nitrogens with zero attached hydrogens (tertiary/aromatic N) is 2. The van der Waals surface area contributed by atoms with Crippen molar-refractivity contribution in [2.75, 3.05) is 11.9 Å². The number of carbonyl (C=O) groups excluding carboxylic acids is 1. The summed E-state index contributed by atoms with van der Waals surface area (Å²) >= 11 is 12.3. The molecule has 39 heavy (non-hydrogen) atoms. The van der Waals surface area contributed by atoms with Gasteiger partial charge in [0.1, 0.15) is 11.4 Å². The second kappa shape index (κ2) is 12.6. The summed E-state index contributed by atoms with van der Waals surface area (Å²) in [6, 6.07) is 15.3. The molecule has 1 amide bonds. The number of halogens is 2. The van der Waals surface area contributed by atoms with Gasteiger partial charge in [-0.1, -0.05) is 53.2 Å². The van der Waals surface area contributed by atoms with Gasteiger partial charge in [-0.3, -0.25) is 9.35 Å². The molecule has 13 heteroatoms. The van der Waals surface area contributed by atoms with Gasteiger partial charge in [0, 0.05) is 22.7 Å². The Balaban J connectivity index is 0.00000420. The molecule has 0 aliphatic carbocycles. The van der Waals surface area contributed by atoms with E-state index in [1.807, 2.05) is 0 Å².